The summed E-state index contributed by atoms with van der Waals surface area (Å²) in [6.45, 7) is 0.323. The highest BCUT2D eigenvalue weighted by Gasteiger charge is 2.31. The number of halogens is 3. The van der Waals surface area contributed by atoms with Gasteiger partial charge in [-0.3, -0.25) is 0 Å². The van der Waals surface area contributed by atoms with Crippen LogP contribution in [0.15, 0.2) is 72.8 Å². The molecule has 0 amide bonds. The van der Waals surface area contributed by atoms with Gasteiger partial charge in [-0.15, -0.1) is 0 Å². The maximum Gasteiger partial charge on any atom is 0.416 e. The van der Waals surface area contributed by atoms with Crippen LogP contribution in [-0.4, -0.2) is 11.1 Å². The molecule has 138 valence electrons. The van der Waals surface area contributed by atoms with Crippen molar-refractivity contribution in [1.29, 1.82) is 0 Å². The minimum atomic E-state index is -4.61. The van der Waals surface area contributed by atoms with Crippen molar-refractivity contribution in [3.8, 4) is 16.9 Å². The fourth-order valence-electron chi connectivity index (χ4n) is 2.64. The zero-order valence-electron chi connectivity index (χ0n) is 14.0. The molecular formula is C21H15F3O3. The molecular weight excluding hydrogens is 357 g/mol. The first kappa shape index (κ1) is 18.5. The van der Waals surface area contributed by atoms with E-state index in [-0.39, 0.29) is 5.56 Å². The smallest absolute Gasteiger partial charge is 0.416 e. The lowest BCUT2D eigenvalue weighted by Crippen LogP contribution is -2.08. The molecule has 0 unspecified atom stereocenters. The van der Waals surface area contributed by atoms with Gasteiger partial charge in [-0.25, -0.2) is 4.79 Å². The van der Waals surface area contributed by atoms with Crippen molar-refractivity contribution >= 4 is 5.97 Å². The average Bonchev–Trinajstić information content (AvgIpc) is 2.66. The Morgan fingerprint density at radius 1 is 0.926 bits per heavy atom. The van der Waals surface area contributed by atoms with Crippen LogP contribution in [-0.2, 0) is 12.8 Å². The van der Waals surface area contributed by atoms with Crippen molar-refractivity contribution in [3.63, 3.8) is 0 Å². The van der Waals surface area contributed by atoms with Crippen LogP contribution in [0.4, 0.5) is 13.2 Å². The van der Waals surface area contributed by atoms with Gasteiger partial charge in [-0.05, 0) is 41.0 Å². The Kier molecular flexibility index (Phi) is 5.16. The largest absolute Gasteiger partial charge is 0.489 e. The normalized spacial score (nSPS) is 11.2. The summed E-state index contributed by atoms with van der Waals surface area (Å²) >= 11 is 0. The van der Waals surface area contributed by atoms with Crippen molar-refractivity contribution in [2.24, 2.45) is 0 Å². The van der Waals surface area contributed by atoms with E-state index in [0.29, 0.717) is 24.0 Å². The maximum absolute atomic E-state index is 12.9. The quantitative estimate of drug-likeness (QED) is 0.630. The number of rotatable bonds is 5. The van der Waals surface area contributed by atoms with Crippen LogP contribution in [0.25, 0.3) is 11.1 Å². The monoisotopic (exact) mass is 372 g/mol. The minimum Gasteiger partial charge on any atom is -0.489 e. The third kappa shape index (κ3) is 4.47. The van der Waals surface area contributed by atoms with Crippen molar-refractivity contribution in [1.82, 2.24) is 0 Å². The predicted molar refractivity (Wildman–Crippen MR) is 94.6 cm³/mol. The standard InChI is InChI=1S/C21H15F3O3/c22-21(23,24)16-9-10-18(19(12-16)20(25)26)15-7-4-8-17(11-15)27-13-14-5-2-1-3-6-14/h1-12H,13H2,(H,25,26). The highest BCUT2D eigenvalue weighted by molar-refractivity contribution is 5.96. The van der Waals surface area contributed by atoms with E-state index in [9.17, 15) is 23.1 Å². The van der Waals surface area contributed by atoms with Crippen LogP contribution in [0.2, 0.25) is 0 Å². The Labute approximate surface area is 153 Å². The summed E-state index contributed by atoms with van der Waals surface area (Å²) in [4.78, 5) is 11.5. The third-order valence-electron chi connectivity index (χ3n) is 3.97. The molecule has 27 heavy (non-hydrogen) atoms. The predicted octanol–water partition coefficient (Wildman–Crippen LogP) is 5.65. The summed E-state index contributed by atoms with van der Waals surface area (Å²) in [5.41, 5.74) is 0.209. The SMILES string of the molecule is O=C(O)c1cc(C(F)(F)F)ccc1-c1cccc(OCc2ccccc2)c1. The van der Waals surface area contributed by atoms with Gasteiger partial charge in [0.1, 0.15) is 12.4 Å². The van der Waals surface area contributed by atoms with E-state index in [4.69, 9.17) is 4.74 Å². The molecule has 3 rings (SSSR count). The fraction of sp³-hybridized carbons (Fsp3) is 0.0952. The van der Waals surface area contributed by atoms with Gasteiger partial charge in [0.15, 0.2) is 0 Å². The fourth-order valence-corrected chi connectivity index (χ4v) is 2.64. The highest BCUT2D eigenvalue weighted by Crippen LogP contribution is 2.34. The van der Waals surface area contributed by atoms with Crippen LogP contribution in [0.5, 0.6) is 5.75 Å². The molecule has 0 fully saturated rings. The van der Waals surface area contributed by atoms with Gasteiger partial charge in [-0.1, -0.05) is 48.5 Å². The number of hydrogen-bond acceptors (Lipinski definition) is 2. The first-order valence-corrected chi connectivity index (χ1v) is 8.06. The second-order valence-electron chi connectivity index (χ2n) is 5.87. The van der Waals surface area contributed by atoms with Crippen molar-refractivity contribution in [3.05, 3.63) is 89.5 Å². The van der Waals surface area contributed by atoms with Crippen LogP contribution in [0, 0.1) is 0 Å². The van der Waals surface area contributed by atoms with Gasteiger partial charge >= 0.3 is 12.1 Å². The summed E-state index contributed by atoms with van der Waals surface area (Å²) in [5.74, 6) is -0.931. The van der Waals surface area contributed by atoms with Gasteiger partial charge in [0.05, 0.1) is 11.1 Å². The molecule has 3 nitrogen and oxygen atoms in total. The number of carboxylic acid groups (broad SMARTS) is 1. The molecule has 3 aromatic carbocycles. The molecule has 0 aliphatic carbocycles. The Morgan fingerprint density at radius 2 is 1.67 bits per heavy atom. The number of hydrogen-bond donors (Lipinski definition) is 1. The van der Waals surface area contributed by atoms with Crippen molar-refractivity contribution in [2.45, 2.75) is 12.8 Å². The van der Waals surface area contributed by atoms with Crippen LogP contribution in [0.1, 0.15) is 21.5 Å². The average molecular weight is 372 g/mol. The molecule has 0 bridgehead atoms. The summed E-state index contributed by atoms with van der Waals surface area (Å²) in [6.07, 6.45) is -4.61. The van der Waals surface area contributed by atoms with E-state index in [1.54, 1.807) is 24.3 Å². The van der Waals surface area contributed by atoms with Gasteiger partial charge in [0.25, 0.3) is 0 Å². The summed E-state index contributed by atoms with van der Waals surface area (Å²) in [6, 6.07) is 18.8. The Balaban J connectivity index is 1.91. The number of carboxylic acids is 1. The lowest BCUT2D eigenvalue weighted by Gasteiger charge is -2.13. The molecule has 0 saturated carbocycles. The lowest BCUT2D eigenvalue weighted by molar-refractivity contribution is -0.137. The number of benzene rings is 3. The minimum absolute atomic E-state index is 0.195. The first-order valence-electron chi connectivity index (χ1n) is 8.06. The molecule has 0 spiro atoms. The molecule has 0 saturated heterocycles. The van der Waals surface area contributed by atoms with E-state index >= 15 is 0 Å². The maximum atomic E-state index is 12.9. The van der Waals surface area contributed by atoms with Gasteiger partial charge in [0.2, 0.25) is 0 Å². The Morgan fingerprint density at radius 3 is 2.33 bits per heavy atom. The Bertz CT molecular complexity index is 950. The third-order valence-corrected chi connectivity index (χ3v) is 3.97. The highest BCUT2D eigenvalue weighted by atomic mass is 19.4. The molecule has 1 N–H and O–H groups in total. The van der Waals surface area contributed by atoms with Gasteiger partial charge in [0, 0.05) is 0 Å². The molecule has 3 aromatic rings. The van der Waals surface area contributed by atoms with E-state index in [0.717, 1.165) is 11.6 Å². The molecule has 0 aliphatic heterocycles. The lowest BCUT2D eigenvalue weighted by atomic mass is 9.97. The summed E-state index contributed by atoms with van der Waals surface area (Å²) in [5, 5.41) is 9.34. The number of ether oxygens (including phenoxy) is 1. The first-order chi connectivity index (χ1) is 12.8. The number of carbonyl (C=O) groups is 1. The second kappa shape index (κ2) is 7.53. The van der Waals surface area contributed by atoms with Crippen molar-refractivity contribution < 1.29 is 27.8 Å². The number of aromatic carboxylic acids is 1. The van der Waals surface area contributed by atoms with Crippen LogP contribution < -0.4 is 4.74 Å². The zero-order chi connectivity index (χ0) is 19.4. The zero-order valence-corrected chi connectivity index (χ0v) is 14.0. The van der Waals surface area contributed by atoms with E-state index in [1.165, 1.54) is 6.07 Å². The molecule has 0 radical (unpaired) electrons. The molecule has 0 atom stereocenters. The van der Waals surface area contributed by atoms with Gasteiger partial charge in [-0.2, -0.15) is 13.2 Å². The molecule has 0 aliphatic rings. The number of alkyl halides is 3. The molecule has 0 aromatic heterocycles. The van der Waals surface area contributed by atoms with E-state index in [1.807, 2.05) is 30.3 Å². The Hall–Kier alpha value is -3.28. The summed E-state index contributed by atoms with van der Waals surface area (Å²) in [7, 11) is 0. The molecule has 0 heterocycles. The van der Waals surface area contributed by atoms with Crippen molar-refractivity contribution in [2.75, 3.05) is 0 Å². The van der Waals surface area contributed by atoms with Gasteiger partial charge < -0.3 is 9.84 Å². The van der Waals surface area contributed by atoms with Crippen LogP contribution in [0.3, 0.4) is 0 Å². The molecule has 6 heteroatoms. The van der Waals surface area contributed by atoms with E-state index < -0.39 is 23.3 Å². The van der Waals surface area contributed by atoms with E-state index in [2.05, 4.69) is 0 Å². The topological polar surface area (TPSA) is 46.5 Å². The second-order valence-corrected chi connectivity index (χ2v) is 5.87. The van der Waals surface area contributed by atoms with Crippen LogP contribution >= 0.6 is 0 Å². The summed E-state index contributed by atoms with van der Waals surface area (Å²) < 4.78 is 44.3.